The molecule has 2 rings (SSSR count). The van der Waals surface area contributed by atoms with Crippen LogP contribution in [0.5, 0.6) is 5.75 Å². The molecule has 0 saturated carbocycles. The number of carbonyl (C=O) groups is 1. The molecule has 1 aromatic carbocycles. The van der Waals surface area contributed by atoms with E-state index in [9.17, 15) is 4.79 Å². The summed E-state index contributed by atoms with van der Waals surface area (Å²) in [6.07, 6.45) is 4.80. The van der Waals surface area contributed by atoms with Crippen LogP contribution in [-0.2, 0) is 4.74 Å². The molecule has 0 saturated heterocycles. The highest BCUT2D eigenvalue weighted by molar-refractivity contribution is 6.14. The SMILES string of the molecule is BC(C)(C)COc1ccc2[nH]cc(C(=O)OCCCCC)c2c1. The van der Waals surface area contributed by atoms with Crippen molar-refractivity contribution in [1.29, 1.82) is 0 Å². The van der Waals surface area contributed by atoms with Crippen LogP contribution >= 0.6 is 0 Å². The van der Waals surface area contributed by atoms with Gasteiger partial charge in [0.2, 0.25) is 0 Å². The predicted molar refractivity (Wildman–Crippen MR) is 96.2 cm³/mol. The lowest BCUT2D eigenvalue weighted by Crippen LogP contribution is -2.14. The Hall–Kier alpha value is -1.91. The van der Waals surface area contributed by atoms with E-state index in [1.165, 1.54) is 0 Å². The van der Waals surface area contributed by atoms with Crippen LogP contribution in [-0.4, -0.2) is 32.0 Å². The molecule has 5 heteroatoms. The van der Waals surface area contributed by atoms with Crippen molar-refractivity contribution in [3.63, 3.8) is 0 Å². The first-order valence-corrected chi connectivity index (χ1v) is 8.32. The fourth-order valence-corrected chi connectivity index (χ4v) is 2.25. The lowest BCUT2D eigenvalue weighted by atomic mass is 9.73. The van der Waals surface area contributed by atoms with Gasteiger partial charge in [-0.2, -0.15) is 0 Å². The molecule has 0 bridgehead atoms. The van der Waals surface area contributed by atoms with Gasteiger partial charge in [-0.3, -0.25) is 0 Å². The summed E-state index contributed by atoms with van der Waals surface area (Å²) >= 11 is 0. The van der Waals surface area contributed by atoms with Crippen molar-refractivity contribution in [3.8, 4) is 5.75 Å². The Morgan fingerprint density at radius 1 is 1.30 bits per heavy atom. The first-order chi connectivity index (χ1) is 10.9. The van der Waals surface area contributed by atoms with E-state index in [0.717, 1.165) is 35.9 Å². The maximum atomic E-state index is 12.2. The van der Waals surface area contributed by atoms with Gasteiger partial charge in [-0.15, -0.1) is 0 Å². The third-order valence-corrected chi connectivity index (χ3v) is 3.53. The average molecular weight is 315 g/mol. The highest BCUT2D eigenvalue weighted by atomic mass is 16.5. The van der Waals surface area contributed by atoms with Gasteiger partial charge in [-0.1, -0.05) is 33.6 Å². The monoisotopic (exact) mass is 315 g/mol. The van der Waals surface area contributed by atoms with E-state index in [2.05, 4.69) is 33.6 Å². The van der Waals surface area contributed by atoms with Crippen molar-refractivity contribution in [2.75, 3.05) is 13.2 Å². The fourth-order valence-electron chi connectivity index (χ4n) is 2.25. The van der Waals surface area contributed by atoms with Crippen molar-refractivity contribution >= 4 is 24.7 Å². The summed E-state index contributed by atoms with van der Waals surface area (Å²) in [5, 5.41) is 0.936. The zero-order valence-corrected chi connectivity index (χ0v) is 14.6. The Bertz CT molecular complexity index is 658. The third-order valence-electron chi connectivity index (χ3n) is 3.53. The second kappa shape index (κ2) is 7.58. The topological polar surface area (TPSA) is 51.3 Å². The minimum Gasteiger partial charge on any atom is -0.494 e. The zero-order chi connectivity index (χ0) is 16.9. The maximum absolute atomic E-state index is 12.2. The summed E-state index contributed by atoms with van der Waals surface area (Å²) in [5.41, 5.74) is 1.48. The summed E-state index contributed by atoms with van der Waals surface area (Å²) in [4.78, 5) is 15.3. The van der Waals surface area contributed by atoms with Gasteiger partial charge in [-0.25, -0.2) is 4.79 Å². The number of aromatic amines is 1. The number of hydrogen-bond donors (Lipinski definition) is 1. The molecule has 0 radical (unpaired) electrons. The number of esters is 1. The highest BCUT2D eigenvalue weighted by Crippen LogP contribution is 2.26. The standard InChI is InChI=1S/C18H26BNO3/c1-4-5-6-9-22-17(21)15-11-20-16-8-7-13(10-14(15)16)23-12-18(2,3)19/h7-8,10-11,20H,4-6,9,12,19H2,1-3H3. The highest BCUT2D eigenvalue weighted by Gasteiger charge is 2.15. The minimum atomic E-state index is -0.277. The van der Waals surface area contributed by atoms with E-state index >= 15 is 0 Å². The first kappa shape index (κ1) is 17.4. The molecule has 0 atom stereocenters. The molecule has 0 unspecified atom stereocenters. The number of fused-ring (bicyclic) bond motifs is 1. The number of rotatable bonds is 8. The van der Waals surface area contributed by atoms with Crippen LogP contribution in [0.25, 0.3) is 10.9 Å². The molecule has 0 fully saturated rings. The van der Waals surface area contributed by atoms with Crippen LogP contribution < -0.4 is 4.74 Å². The Labute approximate surface area is 139 Å². The maximum Gasteiger partial charge on any atom is 0.340 e. The summed E-state index contributed by atoms with van der Waals surface area (Å²) in [6, 6.07) is 5.75. The molecule has 0 spiro atoms. The van der Waals surface area contributed by atoms with E-state index in [1.54, 1.807) is 6.20 Å². The zero-order valence-electron chi connectivity index (χ0n) is 14.6. The number of hydrogen-bond acceptors (Lipinski definition) is 3. The van der Waals surface area contributed by atoms with Crippen molar-refractivity contribution in [2.45, 2.75) is 45.3 Å². The van der Waals surface area contributed by atoms with Gasteiger partial charge in [0.25, 0.3) is 0 Å². The number of carbonyl (C=O) groups excluding carboxylic acids is 1. The Balaban J connectivity index is 2.10. The Morgan fingerprint density at radius 3 is 2.78 bits per heavy atom. The van der Waals surface area contributed by atoms with Crippen molar-refractivity contribution in [1.82, 2.24) is 4.98 Å². The molecule has 0 aliphatic carbocycles. The summed E-state index contributed by atoms with van der Waals surface area (Å²) in [6.45, 7) is 7.47. The summed E-state index contributed by atoms with van der Waals surface area (Å²) in [7, 11) is 2.13. The quantitative estimate of drug-likeness (QED) is 0.459. The molecule has 1 heterocycles. The molecule has 4 nitrogen and oxygen atoms in total. The number of H-pyrrole nitrogens is 1. The summed E-state index contributed by atoms with van der Waals surface area (Å²) in [5.74, 6) is 0.493. The fraction of sp³-hybridized carbons (Fsp3) is 0.500. The second-order valence-corrected chi connectivity index (χ2v) is 7.10. The second-order valence-electron chi connectivity index (χ2n) is 7.10. The molecule has 124 valence electrons. The van der Waals surface area contributed by atoms with Gasteiger partial charge in [0, 0.05) is 17.1 Å². The van der Waals surface area contributed by atoms with Crippen LogP contribution in [0, 0.1) is 0 Å². The lowest BCUT2D eigenvalue weighted by Gasteiger charge is -2.18. The number of benzene rings is 1. The molecular weight excluding hydrogens is 289 g/mol. The normalized spacial score (nSPS) is 11.6. The lowest BCUT2D eigenvalue weighted by molar-refractivity contribution is 0.0500. The van der Waals surface area contributed by atoms with Crippen LogP contribution in [0.3, 0.4) is 0 Å². The molecular formula is C18H26BNO3. The van der Waals surface area contributed by atoms with Crippen molar-refractivity contribution < 1.29 is 14.3 Å². The van der Waals surface area contributed by atoms with Gasteiger partial charge in [0.1, 0.15) is 13.6 Å². The largest absolute Gasteiger partial charge is 0.494 e. The van der Waals surface area contributed by atoms with Crippen molar-refractivity contribution in [2.24, 2.45) is 0 Å². The van der Waals surface area contributed by atoms with Gasteiger partial charge in [0.05, 0.1) is 18.8 Å². The molecule has 0 aliphatic heterocycles. The number of ether oxygens (including phenoxy) is 2. The molecule has 2 aromatic rings. The van der Waals surface area contributed by atoms with Gasteiger partial charge in [0.15, 0.2) is 0 Å². The van der Waals surface area contributed by atoms with Gasteiger partial charge >= 0.3 is 5.97 Å². The third kappa shape index (κ3) is 5.05. The number of aromatic nitrogens is 1. The molecule has 1 N–H and O–H groups in total. The molecule has 1 aromatic heterocycles. The minimum absolute atomic E-state index is 0.0914. The Morgan fingerprint density at radius 2 is 2.09 bits per heavy atom. The van der Waals surface area contributed by atoms with Crippen LogP contribution in [0.4, 0.5) is 0 Å². The number of nitrogens with one attached hydrogen (secondary N) is 1. The van der Waals surface area contributed by atoms with E-state index in [4.69, 9.17) is 9.47 Å². The van der Waals surface area contributed by atoms with Gasteiger partial charge in [-0.05, 0) is 29.9 Å². The molecule has 23 heavy (non-hydrogen) atoms. The molecule has 0 aliphatic rings. The predicted octanol–water partition coefficient (Wildman–Crippen LogP) is 3.73. The van der Waals surface area contributed by atoms with E-state index < -0.39 is 0 Å². The smallest absolute Gasteiger partial charge is 0.340 e. The van der Waals surface area contributed by atoms with Gasteiger partial charge < -0.3 is 14.5 Å². The van der Waals surface area contributed by atoms with E-state index in [-0.39, 0.29) is 11.3 Å². The summed E-state index contributed by atoms with van der Waals surface area (Å²) < 4.78 is 11.2. The van der Waals surface area contributed by atoms with E-state index in [0.29, 0.717) is 18.8 Å². The first-order valence-electron chi connectivity index (χ1n) is 8.32. The number of unbranched alkanes of at least 4 members (excludes halogenated alkanes) is 2. The Kier molecular flexibility index (Phi) is 5.75. The van der Waals surface area contributed by atoms with Crippen molar-refractivity contribution in [3.05, 3.63) is 30.0 Å². The van der Waals surface area contributed by atoms with Crippen LogP contribution in [0.1, 0.15) is 50.4 Å². The average Bonchev–Trinajstić information content (AvgIpc) is 2.92. The van der Waals surface area contributed by atoms with Crippen LogP contribution in [0.2, 0.25) is 5.31 Å². The van der Waals surface area contributed by atoms with Crippen LogP contribution in [0.15, 0.2) is 24.4 Å². The van der Waals surface area contributed by atoms with E-state index in [1.807, 2.05) is 18.2 Å². The molecule has 0 amide bonds.